The van der Waals surface area contributed by atoms with Gasteiger partial charge in [-0.05, 0) is 23.6 Å². The highest BCUT2D eigenvalue weighted by Crippen LogP contribution is 2.33. The number of hydrogen-bond donors (Lipinski definition) is 0. The molecule has 0 bridgehead atoms. The first kappa shape index (κ1) is 19.1. The van der Waals surface area contributed by atoms with Crippen LogP contribution in [-0.2, 0) is 14.8 Å². The molecular formula is C18H19N3O5S2. The third-order valence-electron chi connectivity index (χ3n) is 4.94. The van der Waals surface area contributed by atoms with Gasteiger partial charge in [0.05, 0.1) is 25.0 Å². The Balaban J connectivity index is 1.46. The largest absolute Gasteiger partial charge is 0.497 e. The van der Waals surface area contributed by atoms with Crippen molar-refractivity contribution in [3.8, 4) is 5.75 Å². The van der Waals surface area contributed by atoms with E-state index < -0.39 is 21.7 Å². The average Bonchev–Trinajstić information content (AvgIpc) is 3.33. The van der Waals surface area contributed by atoms with Crippen LogP contribution in [0.5, 0.6) is 5.75 Å². The van der Waals surface area contributed by atoms with Gasteiger partial charge in [0.25, 0.3) is 15.8 Å². The number of piperazine rings is 1. The molecule has 3 heterocycles. The van der Waals surface area contributed by atoms with Crippen molar-refractivity contribution in [2.45, 2.75) is 4.21 Å². The van der Waals surface area contributed by atoms with E-state index in [0.29, 0.717) is 47.4 Å². The van der Waals surface area contributed by atoms with E-state index in [-0.39, 0.29) is 6.67 Å². The number of nitrogens with zero attached hydrogens (tertiary/aromatic N) is 3. The lowest BCUT2D eigenvalue weighted by atomic mass is 10.1. The third-order valence-corrected chi connectivity index (χ3v) is 8.21. The normalized spacial score (nSPS) is 18.5. The minimum Gasteiger partial charge on any atom is -0.497 e. The molecule has 1 saturated heterocycles. The Morgan fingerprint density at radius 1 is 1.11 bits per heavy atom. The van der Waals surface area contributed by atoms with Gasteiger partial charge in [0.2, 0.25) is 0 Å². The molecule has 1 amide bonds. The van der Waals surface area contributed by atoms with Crippen LogP contribution >= 0.6 is 11.3 Å². The van der Waals surface area contributed by atoms with Crippen molar-refractivity contribution in [2.24, 2.45) is 0 Å². The summed E-state index contributed by atoms with van der Waals surface area (Å²) in [6.45, 7) is 1.85. The van der Waals surface area contributed by atoms with Crippen molar-refractivity contribution in [2.75, 3.05) is 44.9 Å². The van der Waals surface area contributed by atoms with E-state index in [2.05, 4.69) is 0 Å². The van der Waals surface area contributed by atoms with Crippen LogP contribution in [0.4, 0.5) is 5.69 Å². The molecule has 148 valence electrons. The number of sulfonamides is 1. The topological polar surface area (TPSA) is 87.2 Å². The fourth-order valence-electron chi connectivity index (χ4n) is 3.39. The molecule has 2 aliphatic rings. The Labute approximate surface area is 167 Å². The lowest BCUT2D eigenvalue weighted by Gasteiger charge is -2.35. The Morgan fingerprint density at radius 2 is 1.86 bits per heavy atom. The minimum absolute atomic E-state index is 0.234. The molecule has 4 rings (SSSR count). The summed E-state index contributed by atoms with van der Waals surface area (Å²) in [5.74, 6) is -0.536. The van der Waals surface area contributed by atoms with Crippen LogP contribution in [0, 0.1) is 0 Å². The highest BCUT2D eigenvalue weighted by Gasteiger charge is 2.38. The Hall–Kier alpha value is -2.27. The van der Waals surface area contributed by atoms with Crippen molar-refractivity contribution in [1.29, 1.82) is 0 Å². The molecule has 1 fully saturated rings. The summed E-state index contributed by atoms with van der Waals surface area (Å²) in [6.07, 6.45) is 0. The molecule has 0 radical (unpaired) electrons. The molecule has 10 heteroatoms. The minimum atomic E-state index is -3.47. The molecule has 8 nitrogen and oxygen atoms in total. The molecule has 0 atom stereocenters. The summed E-state index contributed by atoms with van der Waals surface area (Å²) >= 11 is 1.20. The predicted molar refractivity (Wildman–Crippen MR) is 104 cm³/mol. The number of ether oxygens (including phenoxy) is 1. The summed E-state index contributed by atoms with van der Waals surface area (Å²) in [7, 11) is -1.95. The van der Waals surface area contributed by atoms with Crippen molar-refractivity contribution in [1.82, 2.24) is 9.21 Å². The molecule has 0 saturated carbocycles. The van der Waals surface area contributed by atoms with E-state index >= 15 is 0 Å². The van der Waals surface area contributed by atoms with E-state index in [9.17, 15) is 18.0 Å². The molecule has 2 aliphatic heterocycles. The number of rotatable bonds is 5. The van der Waals surface area contributed by atoms with Crippen LogP contribution in [0.25, 0.3) is 0 Å². The number of methoxy groups -OCH3 is 1. The van der Waals surface area contributed by atoms with Gasteiger partial charge in [-0.15, -0.1) is 11.3 Å². The number of anilines is 1. The van der Waals surface area contributed by atoms with Gasteiger partial charge < -0.3 is 4.74 Å². The summed E-state index contributed by atoms with van der Waals surface area (Å²) in [5, 5.41) is 1.74. The van der Waals surface area contributed by atoms with E-state index in [1.165, 1.54) is 27.7 Å². The molecule has 28 heavy (non-hydrogen) atoms. The first-order valence-corrected chi connectivity index (χ1v) is 11.0. The number of Topliss-reactive ketones (excluding diaryl/α,β-unsaturated/α-hetero) is 1. The second kappa shape index (κ2) is 7.28. The number of carbonyl (C=O) groups excluding carboxylic acids is 2. The van der Waals surface area contributed by atoms with Gasteiger partial charge in [-0.1, -0.05) is 6.07 Å². The van der Waals surface area contributed by atoms with E-state index in [1.54, 1.807) is 35.7 Å². The van der Waals surface area contributed by atoms with Crippen LogP contribution in [0.3, 0.4) is 0 Å². The zero-order valence-electron chi connectivity index (χ0n) is 15.2. The summed E-state index contributed by atoms with van der Waals surface area (Å²) in [6, 6.07) is 8.25. The summed E-state index contributed by atoms with van der Waals surface area (Å²) in [5.41, 5.74) is 0.896. The van der Waals surface area contributed by atoms with E-state index in [0.717, 1.165) is 0 Å². The van der Waals surface area contributed by atoms with E-state index in [1.807, 2.05) is 4.90 Å². The van der Waals surface area contributed by atoms with Crippen LogP contribution in [0.2, 0.25) is 0 Å². The van der Waals surface area contributed by atoms with Crippen molar-refractivity contribution < 1.29 is 22.7 Å². The maximum atomic E-state index is 12.6. The van der Waals surface area contributed by atoms with Crippen LogP contribution in [-0.4, -0.2) is 69.3 Å². The molecule has 0 spiro atoms. The van der Waals surface area contributed by atoms with Crippen LogP contribution < -0.4 is 9.64 Å². The molecule has 0 N–H and O–H groups in total. The quantitative estimate of drug-likeness (QED) is 0.676. The Morgan fingerprint density at radius 3 is 2.50 bits per heavy atom. The van der Waals surface area contributed by atoms with Crippen molar-refractivity contribution >= 4 is 38.7 Å². The van der Waals surface area contributed by atoms with Gasteiger partial charge >= 0.3 is 5.91 Å². The highest BCUT2D eigenvalue weighted by atomic mass is 32.2. The lowest BCUT2D eigenvalue weighted by molar-refractivity contribution is -0.114. The van der Waals surface area contributed by atoms with E-state index in [4.69, 9.17) is 4.74 Å². The summed E-state index contributed by atoms with van der Waals surface area (Å²) < 4.78 is 32.2. The number of carbonyl (C=O) groups is 2. The third kappa shape index (κ3) is 3.22. The second-order valence-electron chi connectivity index (χ2n) is 6.54. The fourth-order valence-corrected chi connectivity index (χ4v) is 5.96. The molecular weight excluding hydrogens is 402 g/mol. The molecule has 0 unspecified atom stereocenters. The number of benzene rings is 1. The molecule has 0 aliphatic carbocycles. The Kier molecular flexibility index (Phi) is 4.96. The van der Waals surface area contributed by atoms with Crippen molar-refractivity contribution in [3.05, 3.63) is 41.3 Å². The number of fused-ring (bicyclic) bond motifs is 1. The van der Waals surface area contributed by atoms with Gasteiger partial charge in [0.1, 0.15) is 9.96 Å². The van der Waals surface area contributed by atoms with Gasteiger partial charge in [-0.25, -0.2) is 8.42 Å². The maximum absolute atomic E-state index is 12.6. The number of ketones is 1. The molecule has 1 aromatic carbocycles. The SMILES string of the molecule is COc1ccc2c(c1)N(CN1CCN(S(=O)(=O)c3cccs3)CC1)C(=O)C2=O. The van der Waals surface area contributed by atoms with Gasteiger partial charge in [0.15, 0.2) is 0 Å². The lowest BCUT2D eigenvalue weighted by Crippen LogP contribution is -2.52. The highest BCUT2D eigenvalue weighted by molar-refractivity contribution is 7.91. The molecule has 2 aromatic rings. The molecule has 1 aromatic heterocycles. The van der Waals surface area contributed by atoms with Gasteiger partial charge in [-0.2, -0.15) is 4.31 Å². The first-order valence-electron chi connectivity index (χ1n) is 8.72. The predicted octanol–water partition coefficient (Wildman–Crippen LogP) is 1.25. The monoisotopic (exact) mass is 421 g/mol. The van der Waals surface area contributed by atoms with Gasteiger partial charge in [-0.3, -0.25) is 19.4 Å². The number of amides is 1. The average molecular weight is 422 g/mol. The maximum Gasteiger partial charge on any atom is 0.300 e. The van der Waals surface area contributed by atoms with Gasteiger partial charge in [0, 0.05) is 32.2 Å². The second-order valence-corrected chi connectivity index (χ2v) is 9.65. The van der Waals surface area contributed by atoms with Crippen molar-refractivity contribution in [3.63, 3.8) is 0 Å². The van der Waals surface area contributed by atoms with Crippen LogP contribution in [0.1, 0.15) is 10.4 Å². The standard InChI is InChI=1S/C18H19N3O5S2/c1-26-13-4-5-14-15(11-13)21(18(23)17(14)22)12-19-6-8-20(9-7-19)28(24,25)16-3-2-10-27-16/h2-5,10-11H,6-9,12H2,1H3. The van der Waals surface area contributed by atoms with Crippen LogP contribution in [0.15, 0.2) is 39.9 Å². The number of thiophene rings is 1. The zero-order valence-corrected chi connectivity index (χ0v) is 16.8. The smallest absolute Gasteiger partial charge is 0.300 e. The number of hydrogen-bond acceptors (Lipinski definition) is 7. The zero-order chi connectivity index (χ0) is 19.9. The summed E-state index contributed by atoms with van der Waals surface area (Å²) in [4.78, 5) is 28.1. The first-order chi connectivity index (χ1) is 13.4. The Bertz CT molecular complexity index is 1010. The fraction of sp³-hybridized carbons (Fsp3) is 0.333.